The lowest BCUT2D eigenvalue weighted by molar-refractivity contribution is -0.115. The molecule has 4 rings (SSSR count). The first-order valence-electron chi connectivity index (χ1n) is 9.74. The molecule has 1 amide bonds. The molecule has 0 radical (unpaired) electrons. The summed E-state index contributed by atoms with van der Waals surface area (Å²) in [5, 5.41) is 12.2. The third-order valence-corrected chi connectivity index (χ3v) is 5.15. The van der Waals surface area contributed by atoms with Crippen molar-refractivity contribution in [1.29, 1.82) is 0 Å². The van der Waals surface area contributed by atoms with E-state index in [1.165, 1.54) is 12.1 Å². The predicted octanol–water partition coefficient (Wildman–Crippen LogP) is 3.62. The van der Waals surface area contributed by atoms with Crippen molar-refractivity contribution in [3.63, 3.8) is 0 Å². The average Bonchev–Trinajstić information content (AvgIpc) is 2.74. The van der Waals surface area contributed by atoms with Crippen molar-refractivity contribution < 1.29 is 14.3 Å². The Morgan fingerprint density at radius 1 is 1.10 bits per heavy atom. The van der Waals surface area contributed by atoms with Gasteiger partial charge in [-0.3, -0.25) is 4.79 Å². The van der Waals surface area contributed by atoms with Gasteiger partial charge in [0.25, 0.3) is 0 Å². The number of amides is 1. The molecule has 0 saturated carbocycles. The highest BCUT2D eigenvalue weighted by atomic mass is 19.1. The quantitative estimate of drug-likeness (QED) is 0.697. The molecular formula is C23H22FN3O2. The minimum Gasteiger partial charge on any atom is -0.392 e. The molecule has 6 heteroatoms. The summed E-state index contributed by atoms with van der Waals surface area (Å²) in [7, 11) is 0. The van der Waals surface area contributed by atoms with E-state index in [9.17, 15) is 14.3 Å². The van der Waals surface area contributed by atoms with Gasteiger partial charge in [0.05, 0.1) is 30.1 Å². The fraction of sp³-hybridized carbons (Fsp3) is 0.261. The second kappa shape index (κ2) is 8.09. The molecular weight excluding hydrogens is 369 g/mol. The van der Waals surface area contributed by atoms with E-state index in [4.69, 9.17) is 9.97 Å². The van der Waals surface area contributed by atoms with E-state index in [2.05, 4.69) is 5.32 Å². The van der Waals surface area contributed by atoms with Crippen LogP contribution in [0.3, 0.4) is 0 Å². The van der Waals surface area contributed by atoms with Crippen molar-refractivity contribution in [1.82, 2.24) is 9.97 Å². The number of nitrogens with one attached hydrogen (secondary N) is 1. The summed E-state index contributed by atoms with van der Waals surface area (Å²) >= 11 is 0. The maximum Gasteiger partial charge on any atom is 0.229 e. The lowest BCUT2D eigenvalue weighted by Crippen LogP contribution is -2.19. The molecule has 1 aliphatic rings. The number of aliphatic hydroxyl groups is 1. The first-order chi connectivity index (χ1) is 14.1. The van der Waals surface area contributed by atoms with Gasteiger partial charge in [-0.1, -0.05) is 37.3 Å². The molecule has 0 saturated heterocycles. The SMILES string of the molecule is CCc1nc2c(nc1NC(=O)Cc1ccc(F)cc1)CCc1cc(CO)ccc1-2. The van der Waals surface area contributed by atoms with Gasteiger partial charge in [0.15, 0.2) is 5.82 Å². The van der Waals surface area contributed by atoms with Crippen LogP contribution >= 0.6 is 0 Å². The molecule has 0 aliphatic heterocycles. The van der Waals surface area contributed by atoms with Gasteiger partial charge in [-0.15, -0.1) is 0 Å². The molecule has 2 N–H and O–H groups in total. The summed E-state index contributed by atoms with van der Waals surface area (Å²) in [5.74, 6) is -0.0347. The summed E-state index contributed by atoms with van der Waals surface area (Å²) in [6.07, 6.45) is 2.33. The molecule has 5 nitrogen and oxygen atoms in total. The number of carbonyl (C=O) groups excluding carboxylic acids is 1. The van der Waals surface area contributed by atoms with Crippen LogP contribution in [0.1, 0.15) is 35.0 Å². The normalized spacial score (nSPS) is 12.2. The first kappa shape index (κ1) is 19.2. The number of benzene rings is 2. The summed E-state index contributed by atoms with van der Waals surface area (Å²) in [4.78, 5) is 22.0. The molecule has 0 unspecified atom stereocenters. The molecule has 1 aromatic heterocycles. The molecule has 0 atom stereocenters. The number of aromatic nitrogens is 2. The van der Waals surface area contributed by atoms with E-state index in [1.54, 1.807) is 12.1 Å². The zero-order valence-electron chi connectivity index (χ0n) is 16.2. The summed E-state index contributed by atoms with van der Waals surface area (Å²) in [5.41, 5.74) is 6.27. The molecule has 29 heavy (non-hydrogen) atoms. The highest BCUT2D eigenvalue weighted by Gasteiger charge is 2.22. The fourth-order valence-corrected chi connectivity index (χ4v) is 3.64. The number of hydrogen-bond donors (Lipinski definition) is 2. The van der Waals surface area contributed by atoms with E-state index < -0.39 is 0 Å². The number of hydrogen-bond acceptors (Lipinski definition) is 4. The van der Waals surface area contributed by atoms with Crippen molar-refractivity contribution in [2.45, 2.75) is 39.2 Å². The Morgan fingerprint density at radius 3 is 2.59 bits per heavy atom. The smallest absolute Gasteiger partial charge is 0.229 e. The zero-order valence-corrected chi connectivity index (χ0v) is 16.2. The second-order valence-corrected chi connectivity index (χ2v) is 7.17. The number of anilines is 1. The highest BCUT2D eigenvalue weighted by Crippen LogP contribution is 2.33. The average molecular weight is 391 g/mol. The van der Waals surface area contributed by atoms with Crippen LogP contribution in [0.25, 0.3) is 11.3 Å². The molecule has 2 aromatic carbocycles. The Hall–Kier alpha value is -3.12. The molecule has 0 spiro atoms. The van der Waals surface area contributed by atoms with Crippen LogP contribution in [0.5, 0.6) is 0 Å². The third kappa shape index (κ3) is 4.03. The van der Waals surface area contributed by atoms with Gasteiger partial charge in [0.2, 0.25) is 5.91 Å². The Kier molecular flexibility index (Phi) is 5.36. The van der Waals surface area contributed by atoms with E-state index >= 15 is 0 Å². The van der Waals surface area contributed by atoms with E-state index in [0.29, 0.717) is 12.2 Å². The Bertz CT molecular complexity index is 1060. The van der Waals surface area contributed by atoms with Crippen molar-refractivity contribution in [2.75, 3.05) is 5.32 Å². The zero-order chi connectivity index (χ0) is 20.4. The fourth-order valence-electron chi connectivity index (χ4n) is 3.64. The molecule has 0 fully saturated rings. The van der Waals surface area contributed by atoms with Gasteiger partial charge in [0, 0.05) is 5.56 Å². The highest BCUT2D eigenvalue weighted by molar-refractivity contribution is 5.92. The summed E-state index contributed by atoms with van der Waals surface area (Å²) in [6.45, 7) is 2.00. The maximum absolute atomic E-state index is 13.0. The number of nitrogens with zero attached hydrogens (tertiary/aromatic N) is 2. The lowest BCUT2D eigenvalue weighted by Gasteiger charge is -2.21. The van der Waals surface area contributed by atoms with Crippen LogP contribution in [-0.4, -0.2) is 21.0 Å². The summed E-state index contributed by atoms with van der Waals surface area (Å²) < 4.78 is 13.0. The number of aliphatic hydroxyl groups excluding tert-OH is 1. The Labute approximate surface area is 168 Å². The van der Waals surface area contributed by atoms with Crippen LogP contribution < -0.4 is 5.32 Å². The van der Waals surface area contributed by atoms with E-state index in [0.717, 1.165) is 52.2 Å². The van der Waals surface area contributed by atoms with Crippen LogP contribution in [0.4, 0.5) is 10.2 Å². The maximum atomic E-state index is 13.0. The number of aryl methyl sites for hydroxylation is 3. The van der Waals surface area contributed by atoms with Crippen LogP contribution in [0, 0.1) is 5.82 Å². The van der Waals surface area contributed by atoms with Gasteiger partial charge >= 0.3 is 0 Å². The lowest BCUT2D eigenvalue weighted by atomic mass is 9.90. The molecule has 148 valence electrons. The van der Waals surface area contributed by atoms with E-state index in [-0.39, 0.29) is 24.8 Å². The largest absolute Gasteiger partial charge is 0.392 e. The molecule has 3 aromatic rings. The Balaban J connectivity index is 1.60. The summed E-state index contributed by atoms with van der Waals surface area (Å²) in [6, 6.07) is 11.8. The third-order valence-electron chi connectivity index (χ3n) is 5.15. The standard InChI is InChI=1S/C23H22FN3O2/c1-2-19-23(27-21(29)12-14-3-7-17(24)8-4-14)26-20-10-6-16-11-15(13-28)5-9-18(16)22(20)25-19/h3-5,7-9,11,28H,2,6,10,12-13H2,1H3,(H,26,27,29). The van der Waals surface area contributed by atoms with Crippen molar-refractivity contribution in [3.8, 4) is 11.3 Å². The van der Waals surface area contributed by atoms with Gasteiger partial charge < -0.3 is 10.4 Å². The molecule has 1 aliphatic carbocycles. The number of halogens is 1. The predicted molar refractivity (Wildman–Crippen MR) is 109 cm³/mol. The van der Waals surface area contributed by atoms with Gasteiger partial charge in [-0.05, 0) is 48.1 Å². The minimum atomic E-state index is -0.325. The van der Waals surface area contributed by atoms with Crippen LogP contribution in [-0.2, 0) is 37.1 Å². The minimum absolute atomic E-state index is 0.0189. The monoisotopic (exact) mass is 391 g/mol. The number of carbonyl (C=O) groups is 1. The van der Waals surface area contributed by atoms with Crippen molar-refractivity contribution >= 4 is 11.7 Å². The Morgan fingerprint density at radius 2 is 1.86 bits per heavy atom. The molecule has 1 heterocycles. The van der Waals surface area contributed by atoms with Crippen molar-refractivity contribution in [2.24, 2.45) is 0 Å². The van der Waals surface area contributed by atoms with Crippen LogP contribution in [0.2, 0.25) is 0 Å². The number of rotatable bonds is 5. The van der Waals surface area contributed by atoms with Gasteiger partial charge in [0.1, 0.15) is 5.82 Å². The number of fused-ring (bicyclic) bond motifs is 3. The molecule has 0 bridgehead atoms. The van der Waals surface area contributed by atoms with Crippen molar-refractivity contribution in [3.05, 3.63) is 76.4 Å². The van der Waals surface area contributed by atoms with E-state index in [1.807, 2.05) is 25.1 Å². The first-order valence-corrected chi connectivity index (χ1v) is 9.74. The van der Waals surface area contributed by atoms with Gasteiger partial charge in [-0.25, -0.2) is 14.4 Å². The van der Waals surface area contributed by atoms with Crippen LogP contribution in [0.15, 0.2) is 42.5 Å². The second-order valence-electron chi connectivity index (χ2n) is 7.17. The topological polar surface area (TPSA) is 75.1 Å². The van der Waals surface area contributed by atoms with Gasteiger partial charge in [-0.2, -0.15) is 0 Å².